The highest BCUT2D eigenvalue weighted by Crippen LogP contribution is 2.29. The van der Waals surface area contributed by atoms with Gasteiger partial charge in [-0.25, -0.2) is 0 Å². The van der Waals surface area contributed by atoms with E-state index in [9.17, 15) is 18.0 Å². The van der Waals surface area contributed by atoms with E-state index >= 15 is 0 Å². The molecule has 134 valence electrons. The number of carbonyl (C=O) groups is 1. The third-order valence-electron chi connectivity index (χ3n) is 4.23. The quantitative estimate of drug-likeness (QED) is 0.807. The standard InChI is InChI=1S/C17H23F3N2O2/c18-17(19,20)15-6-4-5-14(13-15)16(24)22-10-8-21(9-11-22)7-2-1-3-12-23/h4-6,13,23H,1-3,7-12H2. The van der Waals surface area contributed by atoms with Crippen molar-refractivity contribution in [3.05, 3.63) is 35.4 Å². The van der Waals surface area contributed by atoms with Crippen LogP contribution in [0, 0.1) is 0 Å². The minimum absolute atomic E-state index is 0.0845. The van der Waals surface area contributed by atoms with Crippen molar-refractivity contribution < 1.29 is 23.1 Å². The van der Waals surface area contributed by atoms with Gasteiger partial charge in [0, 0.05) is 38.3 Å². The number of halogens is 3. The number of aliphatic hydroxyl groups is 1. The van der Waals surface area contributed by atoms with E-state index in [2.05, 4.69) is 4.90 Å². The van der Waals surface area contributed by atoms with E-state index in [0.717, 1.165) is 51.0 Å². The second-order valence-electron chi connectivity index (χ2n) is 6.00. The van der Waals surface area contributed by atoms with Gasteiger partial charge in [0.15, 0.2) is 0 Å². The van der Waals surface area contributed by atoms with Crippen LogP contribution in [0.25, 0.3) is 0 Å². The summed E-state index contributed by atoms with van der Waals surface area (Å²) in [7, 11) is 0. The normalized spacial score (nSPS) is 16.4. The molecular formula is C17H23F3N2O2. The molecule has 1 aromatic carbocycles. The number of alkyl halides is 3. The van der Waals surface area contributed by atoms with Gasteiger partial charge < -0.3 is 10.0 Å². The molecule has 7 heteroatoms. The molecule has 1 fully saturated rings. The molecule has 0 unspecified atom stereocenters. The smallest absolute Gasteiger partial charge is 0.396 e. The Labute approximate surface area is 139 Å². The molecule has 0 aromatic heterocycles. The van der Waals surface area contributed by atoms with E-state index in [0.29, 0.717) is 13.1 Å². The molecule has 1 N–H and O–H groups in total. The number of unbranched alkanes of at least 4 members (excludes halogenated alkanes) is 2. The maximum Gasteiger partial charge on any atom is 0.416 e. The summed E-state index contributed by atoms with van der Waals surface area (Å²) in [6.07, 6.45) is -1.67. The molecule has 0 saturated carbocycles. The molecule has 0 spiro atoms. The lowest BCUT2D eigenvalue weighted by molar-refractivity contribution is -0.137. The number of amides is 1. The Balaban J connectivity index is 1.87. The van der Waals surface area contributed by atoms with Gasteiger partial charge in [0.2, 0.25) is 0 Å². The van der Waals surface area contributed by atoms with Gasteiger partial charge in [-0.1, -0.05) is 6.07 Å². The fourth-order valence-electron chi connectivity index (χ4n) is 2.81. The first kappa shape index (κ1) is 18.7. The van der Waals surface area contributed by atoms with Crippen molar-refractivity contribution in [2.45, 2.75) is 25.4 Å². The van der Waals surface area contributed by atoms with Crippen LogP contribution >= 0.6 is 0 Å². The van der Waals surface area contributed by atoms with Crippen molar-refractivity contribution in [3.8, 4) is 0 Å². The van der Waals surface area contributed by atoms with E-state index in [1.807, 2.05) is 0 Å². The largest absolute Gasteiger partial charge is 0.416 e. The maximum atomic E-state index is 12.8. The lowest BCUT2D eigenvalue weighted by atomic mass is 10.1. The zero-order chi connectivity index (χ0) is 17.6. The lowest BCUT2D eigenvalue weighted by Gasteiger charge is -2.34. The molecule has 1 aliphatic heterocycles. The monoisotopic (exact) mass is 344 g/mol. The highest BCUT2D eigenvalue weighted by atomic mass is 19.4. The minimum Gasteiger partial charge on any atom is -0.396 e. The van der Waals surface area contributed by atoms with Crippen LogP contribution in [0.2, 0.25) is 0 Å². The summed E-state index contributed by atoms with van der Waals surface area (Å²) in [5.74, 6) is -0.346. The predicted molar refractivity (Wildman–Crippen MR) is 84.7 cm³/mol. The molecule has 1 heterocycles. The first-order valence-corrected chi connectivity index (χ1v) is 8.21. The molecule has 0 atom stereocenters. The summed E-state index contributed by atoms with van der Waals surface area (Å²) < 4.78 is 38.3. The Bertz CT molecular complexity index is 541. The van der Waals surface area contributed by atoms with Crippen LogP contribution in [0.5, 0.6) is 0 Å². The SMILES string of the molecule is O=C(c1cccc(C(F)(F)F)c1)N1CCN(CCCCCO)CC1. The summed E-state index contributed by atoms with van der Waals surface area (Å²) in [5.41, 5.74) is -0.711. The predicted octanol–water partition coefficient (Wildman–Crippen LogP) is 2.63. The number of carbonyl (C=O) groups excluding carboxylic acids is 1. The molecule has 0 bridgehead atoms. The van der Waals surface area contributed by atoms with Gasteiger partial charge in [-0.05, 0) is 44.0 Å². The highest BCUT2D eigenvalue weighted by molar-refractivity contribution is 5.94. The van der Waals surface area contributed by atoms with E-state index in [4.69, 9.17) is 5.11 Å². The lowest BCUT2D eigenvalue weighted by Crippen LogP contribution is -2.48. The van der Waals surface area contributed by atoms with Crippen LogP contribution in [0.15, 0.2) is 24.3 Å². The number of hydrogen-bond acceptors (Lipinski definition) is 3. The summed E-state index contributed by atoms with van der Waals surface area (Å²) in [6.45, 7) is 3.63. The maximum absolute atomic E-state index is 12.8. The van der Waals surface area contributed by atoms with E-state index in [1.54, 1.807) is 4.90 Å². The van der Waals surface area contributed by atoms with Crippen molar-refractivity contribution in [1.29, 1.82) is 0 Å². The van der Waals surface area contributed by atoms with Gasteiger partial charge in [-0.15, -0.1) is 0 Å². The number of aliphatic hydroxyl groups excluding tert-OH is 1. The molecule has 0 radical (unpaired) electrons. The van der Waals surface area contributed by atoms with Crippen molar-refractivity contribution >= 4 is 5.91 Å². The summed E-state index contributed by atoms with van der Waals surface area (Å²) in [6, 6.07) is 4.59. The van der Waals surface area contributed by atoms with Gasteiger partial charge >= 0.3 is 6.18 Å². The van der Waals surface area contributed by atoms with Crippen LogP contribution in [0.4, 0.5) is 13.2 Å². The minimum atomic E-state index is -4.44. The second kappa shape index (κ2) is 8.48. The Hall–Kier alpha value is -1.60. The first-order valence-electron chi connectivity index (χ1n) is 8.21. The van der Waals surface area contributed by atoms with Gasteiger partial charge in [-0.2, -0.15) is 13.2 Å². The van der Waals surface area contributed by atoms with Crippen molar-refractivity contribution in [3.63, 3.8) is 0 Å². The molecule has 1 aliphatic rings. The summed E-state index contributed by atoms with van der Waals surface area (Å²) in [4.78, 5) is 16.3. The molecule has 2 rings (SSSR count). The average Bonchev–Trinajstić information content (AvgIpc) is 2.58. The molecule has 1 aromatic rings. The third-order valence-corrected chi connectivity index (χ3v) is 4.23. The number of rotatable bonds is 6. The molecular weight excluding hydrogens is 321 g/mol. The third kappa shape index (κ3) is 5.21. The van der Waals surface area contributed by atoms with Crippen LogP contribution in [-0.2, 0) is 6.18 Å². The average molecular weight is 344 g/mol. The van der Waals surface area contributed by atoms with E-state index < -0.39 is 11.7 Å². The van der Waals surface area contributed by atoms with Crippen molar-refractivity contribution in [2.75, 3.05) is 39.3 Å². The van der Waals surface area contributed by atoms with Crippen molar-refractivity contribution in [1.82, 2.24) is 9.80 Å². The number of hydrogen-bond donors (Lipinski definition) is 1. The van der Waals surface area contributed by atoms with Gasteiger partial charge in [-0.3, -0.25) is 9.69 Å². The first-order chi connectivity index (χ1) is 11.4. The van der Waals surface area contributed by atoms with Crippen molar-refractivity contribution in [2.24, 2.45) is 0 Å². The topological polar surface area (TPSA) is 43.8 Å². The van der Waals surface area contributed by atoms with E-state index in [1.165, 1.54) is 12.1 Å². The number of nitrogens with zero attached hydrogens (tertiary/aromatic N) is 2. The number of piperazine rings is 1. The molecule has 0 aliphatic carbocycles. The molecule has 1 amide bonds. The summed E-state index contributed by atoms with van der Waals surface area (Å²) in [5, 5.41) is 8.75. The Morgan fingerprint density at radius 3 is 2.42 bits per heavy atom. The van der Waals surface area contributed by atoms with Crippen LogP contribution in [0.3, 0.4) is 0 Å². The number of benzene rings is 1. The summed E-state index contributed by atoms with van der Waals surface area (Å²) >= 11 is 0. The second-order valence-corrected chi connectivity index (χ2v) is 6.00. The Kier molecular flexibility index (Phi) is 6.62. The molecule has 4 nitrogen and oxygen atoms in total. The fourth-order valence-corrected chi connectivity index (χ4v) is 2.81. The zero-order valence-corrected chi connectivity index (χ0v) is 13.6. The van der Waals surface area contributed by atoms with Gasteiger partial charge in [0.05, 0.1) is 5.56 Å². The van der Waals surface area contributed by atoms with Crippen LogP contribution in [0.1, 0.15) is 35.2 Å². The zero-order valence-electron chi connectivity index (χ0n) is 13.6. The Morgan fingerprint density at radius 1 is 1.08 bits per heavy atom. The van der Waals surface area contributed by atoms with Crippen LogP contribution in [-0.4, -0.2) is 60.1 Å². The van der Waals surface area contributed by atoms with Gasteiger partial charge in [0.25, 0.3) is 5.91 Å². The van der Waals surface area contributed by atoms with Crippen LogP contribution < -0.4 is 0 Å². The van der Waals surface area contributed by atoms with Gasteiger partial charge in [0.1, 0.15) is 0 Å². The molecule has 24 heavy (non-hydrogen) atoms. The molecule has 1 saturated heterocycles. The Morgan fingerprint density at radius 2 is 1.79 bits per heavy atom. The fraction of sp³-hybridized carbons (Fsp3) is 0.588. The van der Waals surface area contributed by atoms with E-state index in [-0.39, 0.29) is 18.1 Å². The highest BCUT2D eigenvalue weighted by Gasteiger charge is 2.31.